The van der Waals surface area contributed by atoms with E-state index in [2.05, 4.69) is 9.47 Å². The lowest BCUT2D eigenvalue weighted by Crippen LogP contribution is -2.38. The molecule has 2 aromatic rings. The molecule has 242 valence electrons. The van der Waals surface area contributed by atoms with Crippen LogP contribution in [0.5, 0.6) is 0 Å². The Balaban J connectivity index is 0.000000240. The molecule has 44 heavy (non-hydrogen) atoms. The fourth-order valence-electron chi connectivity index (χ4n) is 4.82. The van der Waals surface area contributed by atoms with Gasteiger partial charge in [-0.15, -0.1) is 22.7 Å². The Labute approximate surface area is 258 Å². The Kier molecular flexibility index (Phi) is 12.0. The minimum absolute atomic E-state index is 0.0866. The minimum Gasteiger partial charge on any atom is -0.465 e. The van der Waals surface area contributed by atoms with E-state index in [4.69, 9.17) is 5.11 Å². The van der Waals surface area contributed by atoms with Crippen molar-refractivity contribution in [2.75, 3.05) is 33.9 Å². The molecule has 2 aromatic heterocycles. The molecule has 2 aliphatic rings. The Morgan fingerprint density at radius 3 is 1.77 bits per heavy atom. The van der Waals surface area contributed by atoms with Crippen LogP contribution in [0, 0.1) is 0 Å². The van der Waals surface area contributed by atoms with Gasteiger partial charge in [0.2, 0.25) is 0 Å². The molecule has 10 nitrogen and oxygen atoms in total. The number of thiophene rings is 2. The van der Waals surface area contributed by atoms with Gasteiger partial charge in [0.1, 0.15) is 16.0 Å². The molecule has 2 atom stereocenters. The molecule has 1 N–H and O–H groups in total. The molecule has 2 amide bonds. The van der Waals surface area contributed by atoms with Crippen LogP contribution in [0.15, 0.2) is 24.3 Å². The summed E-state index contributed by atoms with van der Waals surface area (Å²) < 4.78 is 62.5. The quantitative estimate of drug-likeness (QED) is 0.207. The van der Waals surface area contributed by atoms with Crippen molar-refractivity contribution in [1.82, 2.24) is 9.80 Å². The number of rotatable bonds is 12. The van der Waals surface area contributed by atoms with Gasteiger partial charge in [-0.25, -0.2) is 9.59 Å². The van der Waals surface area contributed by atoms with Gasteiger partial charge in [-0.05, 0) is 49.9 Å². The topological polar surface area (TPSA) is 131 Å². The van der Waals surface area contributed by atoms with Gasteiger partial charge in [-0.1, -0.05) is 0 Å². The monoisotopic (exact) mass is 664 g/mol. The zero-order valence-corrected chi connectivity index (χ0v) is 25.6. The maximum atomic E-state index is 13.4. The van der Waals surface area contributed by atoms with Crippen LogP contribution in [0.1, 0.15) is 54.8 Å². The van der Waals surface area contributed by atoms with Gasteiger partial charge < -0.3 is 29.2 Å². The van der Waals surface area contributed by atoms with Crippen LogP contribution in [0.4, 0.5) is 17.6 Å². The molecule has 4 rings (SSSR count). The predicted octanol–water partition coefficient (Wildman–Crippen LogP) is 3.60. The summed E-state index contributed by atoms with van der Waals surface area (Å²) in [6.45, 7) is -0.221. The van der Waals surface area contributed by atoms with E-state index in [0.29, 0.717) is 41.7 Å². The summed E-state index contributed by atoms with van der Waals surface area (Å²) in [4.78, 5) is 61.3. The first-order valence-electron chi connectivity index (χ1n) is 13.6. The molecule has 2 aliphatic heterocycles. The highest BCUT2D eigenvalue weighted by Gasteiger charge is 2.53. The number of alkyl halides is 4. The number of carbonyl (C=O) groups excluding carboxylic acids is 5. The van der Waals surface area contributed by atoms with Gasteiger partial charge in [0, 0.05) is 35.7 Å². The second kappa shape index (κ2) is 15.1. The summed E-state index contributed by atoms with van der Waals surface area (Å²) in [6, 6.07) is 4.94. The van der Waals surface area contributed by atoms with E-state index < -0.39 is 67.1 Å². The van der Waals surface area contributed by atoms with Crippen molar-refractivity contribution in [3.8, 4) is 0 Å². The lowest BCUT2D eigenvalue weighted by Gasteiger charge is -2.22. The summed E-state index contributed by atoms with van der Waals surface area (Å²) in [5, 5.41) is 9.12. The first-order chi connectivity index (χ1) is 20.8. The van der Waals surface area contributed by atoms with E-state index in [9.17, 15) is 41.5 Å². The lowest BCUT2D eigenvalue weighted by atomic mass is 10.2. The van der Waals surface area contributed by atoms with Crippen molar-refractivity contribution in [2.24, 2.45) is 0 Å². The predicted molar refractivity (Wildman–Crippen MR) is 151 cm³/mol. The molecule has 4 heterocycles. The van der Waals surface area contributed by atoms with Gasteiger partial charge in [0.25, 0.3) is 11.8 Å². The Morgan fingerprint density at radius 1 is 0.864 bits per heavy atom. The van der Waals surface area contributed by atoms with Crippen LogP contribution < -0.4 is 0 Å². The van der Waals surface area contributed by atoms with E-state index in [0.717, 1.165) is 19.6 Å². The summed E-state index contributed by atoms with van der Waals surface area (Å²) in [5.74, 6) is -10.2. The van der Waals surface area contributed by atoms with E-state index in [1.54, 1.807) is 24.3 Å². The number of carbonyl (C=O) groups is 5. The highest BCUT2D eigenvalue weighted by atomic mass is 32.1. The van der Waals surface area contributed by atoms with Gasteiger partial charge >= 0.3 is 23.8 Å². The van der Waals surface area contributed by atoms with Gasteiger partial charge in [0.05, 0.1) is 32.9 Å². The van der Waals surface area contributed by atoms with Crippen molar-refractivity contribution in [3.05, 3.63) is 43.8 Å². The molecule has 0 saturated carbocycles. The van der Waals surface area contributed by atoms with Crippen molar-refractivity contribution >= 4 is 52.7 Å². The number of halogens is 4. The third kappa shape index (κ3) is 8.41. The maximum absolute atomic E-state index is 13.4. The number of aldehydes is 1. The molecule has 0 unspecified atom stereocenters. The third-order valence-electron chi connectivity index (χ3n) is 7.05. The van der Waals surface area contributed by atoms with E-state index in [-0.39, 0.29) is 13.1 Å². The molecule has 0 aromatic carbocycles. The molecule has 0 spiro atoms. The number of hydrogen-bond acceptors (Lipinski definition) is 10. The summed E-state index contributed by atoms with van der Waals surface area (Å²) in [5.41, 5.74) is 0. The van der Waals surface area contributed by atoms with Gasteiger partial charge in [0.15, 0.2) is 0 Å². The zero-order valence-electron chi connectivity index (χ0n) is 23.9. The second-order valence-electron chi connectivity index (χ2n) is 10.1. The first-order valence-corrected chi connectivity index (χ1v) is 15.2. The van der Waals surface area contributed by atoms with E-state index in [1.165, 1.54) is 36.9 Å². The molecular weight excluding hydrogens is 632 g/mol. The average molecular weight is 665 g/mol. The Hall–Kier alpha value is -3.37. The first kappa shape index (κ1) is 35.1. The van der Waals surface area contributed by atoms with Crippen LogP contribution in [-0.4, -0.2) is 103 Å². The van der Waals surface area contributed by atoms with Crippen molar-refractivity contribution in [3.63, 3.8) is 0 Å². The van der Waals surface area contributed by atoms with Crippen LogP contribution >= 0.6 is 22.7 Å². The number of aliphatic hydroxyl groups is 1. The number of amides is 2. The van der Waals surface area contributed by atoms with Gasteiger partial charge in [-0.3, -0.25) is 9.59 Å². The van der Waals surface area contributed by atoms with Crippen LogP contribution in [-0.2, 0) is 36.7 Å². The number of esters is 2. The Bertz CT molecular complexity index is 1350. The summed E-state index contributed by atoms with van der Waals surface area (Å²) in [6.07, 6.45) is 1.03. The van der Waals surface area contributed by atoms with Crippen LogP contribution in [0.3, 0.4) is 0 Å². The largest absolute Gasteiger partial charge is 0.465 e. The number of aryl methyl sites for hydroxylation is 2. The van der Waals surface area contributed by atoms with Crippen molar-refractivity contribution in [1.29, 1.82) is 0 Å². The van der Waals surface area contributed by atoms with E-state index >= 15 is 0 Å². The molecular formula is C28H32F4N2O8S2. The molecule has 0 radical (unpaired) electrons. The maximum Gasteiger partial charge on any atom is 0.348 e. The highest BCUT2D eigenvalue weighted by molar-refractivity contribution is 7.14. The summed E-state index contributed by atoms with van der Waals surface area (Å²) in [7, 11) is 2.59. The normalized spacial score (nSPS) is 20.3. The highest BCUT2D eigenvalue weighted by Crippen LogP contribution is 2.34. The number of hydrogen-bond donors (Lipinski definition) is 1. The molecule has 2 fully saturated rings. The molecule has 2 saturated heterocycles. The average Bonchev–Trinajstić information content (AvgIpc) is 3.76. The smallest absolute Gasteiger partial charge is 0.348 e. The molecule has 0 bridgehead atoms. The summed E-state index contributed by atoms with van der Waals surface area (Å²) >= 11 is 2.54. The molecule has 0 aliphatic carbocycles. The van der Waals surface area contributed by atoms with E-state index in [1.807, 2.05) is 0 Å². The van der Waals surface area contributed by atoms with Crippen LogP contribution in [0.25, 0.3) is 0 Å². The molecule has 16 heteroatoms. The Morgan fingerprint density at radius 2 is 1.32 bits per heavy atom. The van der Waals surface area contributed by atoms with Gasteiger partial charge in [-0.2, -0.15) is 17.6 Å². The zero-order chi connectivity index (χ0) is 32.7. The second-order valence-corrected chi connectivity index (χ2v) is 12.4. The SMILES string of the molecule is COC(=O)c1ccc(CCCN2C(=O)C(F)(F)C[C@@H]2C=O)s1.COC(=O)c1ccc(CCCN2C(=O)C(F)(F)C[C@@H]2CO)s1. The number of aliphatic hydroxyl groups excluding tert-OH is 1. The number of nitrogens with zero attached hydrogens (tertiary/aromatic N) is 2. The fraction of sp³-hybridized carbons (Fsp3) is 0.536. The number of likely N-dealkylation sites (tertiary alicyclic amines) is 2. The third-order valence-corrected chi connectivity index (χ3v) is 9.30. The number of ether oxygens (including phenoxy) is 2. The fourth-order valence-corrected chi connectivity index (χ4v) is 6.75. The van der Waals surface area contributed by atoms with Crippen molar-refractivity contribution in [2.45, 2.75) is 62.5 Å². The minimum atomic E-state index is -3.45. The number of methoxy groups -OCH3 is 2. The lowest BCUT2D eigenvalue weighted by molar-refractivity contribution is -0.148. The standard InChI is InChI=1S/C14H17F2NO4S.C14H15F2NO4S/c2*1-21-12(19)11-5-4-10(22-11)3-2-6-17-9(8-18)7-14(15,16)13(17)20/h4-5,9,18H,2-3,6-8H2,1H3;4-5,8-9H,2-3,6-7H2,1H3/t2*9-/m11/s1. The van der Waals surface area contributed by atoms with Crippen molar-refractivity contribution < 1.29 is 56.1 Å². The van der Waals surface area contributed by atoms with Crippen LogP contribution in [0.2, 0.25) is 0 Å².